The van der Waals surface area contributed by atoms with Crippen LogP contribution in [0.1, 0.15) is 16.7 Å². The SMILES string of the molecule is CC(I)c1nn[nH]n1. The van der Waals surface area contributed by atoms with E-state index in [0.29, 0.717) is 3.92 Å². The zero-order valence-corrected chi connectivity index (χ0v) is 6.45. The van der Waals surface area contributed by atoms with Crippen molar-refractivity contribution in [3.05, 3.63) is 5.82 Å². The second-order valence-electron chi connectivity index (χ2n) is 1.39. The van der Waals surface area contributed by atoms with Crippen LogP contribution >= 0.6 is 22.6 Å². The molecule has 1 aromatic rings. The van der Waals surface area contributed by atoms with Crippen LogP contribution in [0.5, 0.6) is 0 Å². The standard InChI is InChI=1S/C3H5IN4/c1-2(4)3-5-7-8-6-3/h2H,1H3,(H,5,6,7,8). The van der Waals surface area contributed by atoms with Gasteiger partial charge in [-0.25, -0.2) is 0 Å². The van der Waals surface area contributed by atoms with Crippen LogP contribution in [0.15, 0.2) is 0 Å². The maximum absolute atomic E-state index is 3.76. The van der Waals surface area contributed by atoms with Gasteiger partial charge in [0.1, 0.15) is 0 Å². The van der Waals surface area contributed by atoms with E-state index in [0.717, 1.165) is 5.82 Å². The summed E-state index contributed by atoms with van der Waals surface area (Å²) < 4.78 is 0.339. The summed E-state index contributed by atoms with van der Waals surface area (Å²) in [5.41, 5.74) is 0. The van der Waals surface area contributed by atoms with E-state index in [2.05, 4.69) is 43.2 Å². The van der Waals surface area contributed by atoms with E-state index in [1.807, 2.05) is 6.92 Å². The molecule has 1 aromatic heterocycles. The largest absolute Gasteiger partial charge is 0.187 e. The molecule has 8 heavy (non-hydrogen) atoms. The van der Waals surface area contributed by atoms with Gasteiger partial charge in [0.15, 0.2) is 5.82 Å². The van der Waals surface area contributed by atoms with E-state index >= 15 is 0 Å². The normalized spacial score (nSPS) is 13.8. The molecule has 0 saturated heterocycles. The molecule has 1 N–H and O–H groups in total. The molecular weight excluding hydrogens is 219 g/mol. The predicted octanol–water partition coefficient (Wildman–Crippen LogP) is 0.696. The highest BCUT2D eigenvalue weighted by Crippen LogP contribution is 2.15. The number of aromatic nitrogens is 4. The number of H-pyrrole nitrogens is 1. The quantitative estimate of drug-likeness (QED) is 0.564. The number of aromatic amines is 1. The second kappa shape index (κ2) is 2.38. The van der Waals surface area contributed by atoms with E-state index in [4.69, 9.17) is 0 Å². The lowest BCUT2D eigenvalue weighted by Gasteiger charge is -1.88. The van der Waals surface area contributed by atoms with E-state index < -0.39 is 0 Å². The molecule has 0 fully saturated rings. The van der Waals surface area contributed by atoms with Gasteiger partial charge in [0, 0.05) is 0 Å². The molecule has 4 nitrogen and oxygen atoms in total. The summed E-state index contributed by atoms with van der Waals surface area (Å²) in [5.74, 6) is 0.755. The van der Waals surface area contributed by atoms with E-state index in [-0.39, 0.29) is 0 Å². The van der Waals surface area contributed by atoms with Gasteiger partial charge in [-0.1, -0.05) is 27.8 Å². The van der Waals surface area contributed by atoms with Crippen molar-refractivity contribution in [1.82, 2.24) is 20.6 Å². The molecule has 0 aromatic carbocycles. The Morgan fingerprint density at radius 2 is 2.50 bits per heavy atom. The van der Waals surface area contributed by atoms with Gasteiger partial charge in [-0.2, -0.15) is 5.21 Å². The average molecular weight is 224 g/mol. The molecule has 1 unspecified atom stereocenters. The van der Waals surface area contributed by atoms with Crippen molar-refractivity contribution in [2.24, 2.45) is 0 Å². The lowest BCUT2D eigenvalue weighted by Crippen LogP contribution is -1.85. The number of rotatable bonds is 1. The van der Waals surface area contributed by atoms with Crippen molar-refractivity contribution >= 4 is 22.6 Å². The Morgan fingerprint density at radius 3 is 2.75 bits per heavy atom. The monoisotopic (exact) mass is 224 g/mol. The number of alkyl halides is 1. The van der Waals surface area contributed by atoms with Crippen LogP contribution in [-0.4, -0.2) is 20.6 Å². The Hall–Kier alpha value is -0.200. The maximum Gasteiger partial charge on any atom is 0.187 e. The Kier molecular flexibility index (Phi) is 1.77. The van der Waals surface area contributed by atoms with Crippen LogP contribution in [0.3, 0.4) is 0 Å². The third kappa shape index (κ3) is 1.15. The number of hydrogen-bond acceptors (Lipinski definition) is 3. The molecule has 0 radical (unpaired) electrons. The maximum atomic E-state index is 3.76. The molecule has 0 amide bonds. The minimum Gasteiger partial charge on any atom is -0.177 e. The molecular formula is C3H5IN4. The van der Waals surface area contributed by atoms with E-state index in [1.165, 1.54) is 0 Å². The zero-order valence-electron chi connectivity index (χ0n) is 4.30. The molecule has 1 atom stereocenters. The fraction of sp³-hybridized carbons (Fsp3) is 0.667. The van der Waals surface area contributed by atoms with Crippen molar-refractivity contribution in [2.75, 3.05) is 0 Å². The zero-order chi connectivity index (χ0) is 5.98. The first kappa shape index (κ1) is 5.93. The summed E-state index contributed by atoms with van der Waals surface area (Å²) in [4.78, 5) is 0. The minimum absolute atomic E-state index is 0.339. The van der Waals surface area contributed by atoms with Gasteiger partial charge in [-0.15, -0.1) is 10.2 Å². The van der Waals surface area contributed by atoms with E-state index in [9.17, 15) is 0 Å². The number of nitrogens with zero attached hydrogens (tertiary/aromatic N) is 3. The lowest BCUT2D eigenvalue weighted by molar-refractivity contribution is 0.881. The molecule has 0 spiro atoms. The summed E-state index contributed by atoms with van der Waals surface area (Å²) in [5, 5.41) is 13.3. The molecule has 0 saturated carbocycles. The van der Waals surface area contributed by atoms with Crippen LogP contribution in [0.25, 0.3) is 0 Å². The highest BCUT2D eigenvalue weighted by Gasteiger charge is 2.02. The molecule has 44 valence electrons. The third-order valence-electron chi connectivity index (χ3n) is 0.718. The summed E-state index contributed by atoms with van der Waals surface area (Å²) >= 11 is 2.22. The second-order valence-corrected chi connectivity index (χ2v) is 3.25. The number of nitrogens with one attached hydrogen (secondary N) is 1. The van der Waals surface area contributed by atoms with Gasteiger partial charge in [0.05, 0.1) is 3.92 Å². The topological polar surface area (TPSA) is 54.5 Å². The molecule has 0 bridgehead atoms. The van der Waals surface area contributed by atoms with Crippen molar-refractivity contribution in [1.29, 1.82) is 0 Å². The fourth-order valence-corrected chi connectivity index (χ4v) is 0.602. The van der Waals surface area contributed by atoms with Gasteiger partial charge in [-0.3, -0.25) is 0 Å². The van der Waals surface area contributed by atoms with E-state index in [1.54, 1.807) is 0 Å². The van der Waals surface area contributed by atoms with Crippen molar-refractivity contribution in [3.63, 3.8) is 0 Å². The van der Waals surface area contributed by atoms with Crippen LogP contribution in [0.2, 0.25) is 0 Å². The predicted molar refractivity (Wildman–Crippen MR) is 36.6 cm³/mol. The first-order valence-electron chi connectivity index (χ1n) is 2.18. The Bertz CT molecular complexity index is 146. The highest BCUT2D eigenvalue weighted by molar-refractivity contribution is 14.1. The molecule has 0 aliphatic heterocycles. The fourth-order valence-electron chi connectivity index (χ4n) is 0.338. The molecule has 0 aliphatic rings. The van der Waals surface area contributed by atoms with Crippen molar-refractivity contribution in [2.45, 2.75) is 10.8 Å². The first-order chi connectivity index (χ1) is 3.80. The number of halogens is 1. The number of tetrazole rings is 1. The molecule has 1 heterocycles. The van der Waals surface area contributed by atoms with Crippen LogP contribution in [-0.2, 0) is 0 Å². The Labute approximate surface area is 60.2 Å². The Morgan fingerprint density at radius 1 is 1.75 bits per heavy atom. The summed E-state index contributed by atoms with van der Waals surface area (Å²) in [7, 11) is 0. The van der Waals surface area contributed by atoms with Gasteiger partial charge >= 0.3 is 0 Å². The first-order valence-corrected chi connectivity index (χ1v) is 3.42. The number of hydrogen-bond donors (Lipinski definition) is 1. The van der Waals surface area contributed by atoms with Gasteiger partial charge < -0.3 is 0 Å². The average Bonchev–Trinajstić information content (AvgIpc) is 2.12. The third-order valence-corrected chi connectivity index (χ3v) is 1.27. The summed E-state index contributed by atoms with van der Waals surface area (Å²) in [6.45, 7) is 2.01. The van der Waals surface area contributed by atoms with Crippen LogP contribution in [0, 0.1) is 0 Å². The smallest absolute Gasteiger partial charge is 0.177 e. The van der Waals surface area contributed by atoms with Crippen molar-refractivity contribution in [3.8, 4) is 0 Å². The summed E-state index contributed by atoms with van der Waals surface area (Å²) in [6.07, 6.45) is 0. The minimum atomic E-state index is 0.339. The molecule has 1 rings (SSSR count). The Balaban J connectivity index is 2.77. The molecule has 5 heteroatoms. The van der Waals surface area contributed by atoms with Gasteiger partial charge in [-0.05, 0) is 6.92 Å². The summed E-state index contributed by atoms with van der Waals surface area (Å²) in [6, 6.07) is 0. The van der Waals surface area contributed by atoms with Crippen LogP contribution < -0.4 is 0 Å². The highest BCUT2D eigenvalue weighted by atomic mass is 127. The van der Waals surface area contributed by atoms with Crippen molar-refractivity contribution < 1.29 is 0 Å². The molecule has 0 aliphatic carbocycles. The van der Waals surface area contributed by atoms with Gasteiger partial charge in [0.25, 0.3) is 0 Å². The van der Waals surface area contributed by atoms with Gasteiger partial charge in [0.2, 0.25) is 0 Å². The lowest BCUT2D eigenvalue weighted by atomic mass is 10.5. The van der Waals surface area contributed by atoms with Crippen LogP contribution in [0.4, 0.5) is 0 Å².